The van der Waals surface area contributed by atoms with Crippen LogP contribution in [0.15, 0.2) is 76.8 Å². The number of nitroso groups, excluding NO2 is 1. The van der Waals surface area contributed by atoms with Gasteiger partial charge in [0.1, 0.15) is 17.2 Å². The number of aromatic nitrogens is 1. The second kappa shape index (κ2) is 15.5. The molecule has 0 saturated heterocycles. The molecule has 1 aromatic heterocycles. The van der Waals surface area contributed by atoms with Crippen molar-refractivity contribution in [2.24, 2.45) is 5.18 Å². The van der Waals surface area contributed by atoms with E-state index in [1.165, 1.54) is 48.9 Å². The van der Waals surface area contributed by atoms with Gasteiger partial charge in [0.05, 0.1) is 30.3 Å². The van der Waals surface area contributed by atoms with Crippen LogP contribution in [0.4, 0.5) is 17.1 Å². The number of esters is 1. The Morgan fingerprint density at radius 2 is 1.74 bits per heavy atom. The Morgan fingerprint density at radius 1 is 0.978 bits per heavy atom. The molecule has 2 N–H and O–H groups in total. The molecule has 242 valence electrons. The van der Waals surface area contributed by atoms with Gasteiger partial charge in [-0.1, -0.05) is 11.6 Å². The Hall–Kier alpha value is -4.79. The third kappa shape index (κ3) is 8.68. The first-order valence-corrected chi connectivity index (χ1v) is 15.8. The Bertz CT molecular complexity index is 1840. The Labute approximate surface area is 270 Å². The smallest absolute Gasteiger partial charge is 0.343 e. The van der Waals surface area contributed by atoms with Crippen LogP contribution >= 0.6 is 11.6 Å². The summed E-state index contributed by atoms with van der Waals surface area (Å²) < 4.78 is 43.8. The number of pyridine rings is 1. The Kier molecular flexibility index (Phi) is 11.5. The van der Waals surface area contributed by atoms with Crippen molar-refractivity contribution in [2.75, 3.05) is 51.1 Å². The van der Waals surface area contributed by atoms with E-state index >= 15 is 0 Å². The number of ether oxygens (including phenoxy) is 3. The van der Waals surface area contributed by atoms with Crippen molar-refractivity contribution >= 4 is 61.5 Å². The van der Waals surface area contributed by atoms with Crippen LogP contribution < -0.4 is 20.1 Å². The minimum atomic E-state index is -4.04. The first-order chi connectivity index (χ1) is 22.0. The third-order valence-corrected chi connectivity index (χ3v) is 8.93. The van der Waals surface area contributed by atoms with Gasteiger partial charge in [-0.05, 0) is 72.8 Å². The highest BCUT2D eigenvalue weighted by atomic mass is 35.5. The Morgan fingerprint density at radius 3 is 2.43 bits per heavy atom. The summed E-state index contributed by atoms with van der Waals surface area (Å²) >= 11 is 6.22. The van der Waals surface area contributed by atoms with Crippen LogP contribution in [0.2, 0.25) is 5.02 Å². The van der Waals surface area contributed by atoms with Gasteiger partial charge in [-0.15, -0.1) is 4.91 Å². The maximum absolute atomic E-state index is 13.8. The van der Waals surface area contributed by atoms with Crippen LogP contribution in [0.5, 0.6) is 11.5 Å². The first kappa shape index (κ1) is 34.1. The fourth-order valence-corrected chi connectivity index (χ4v) is 6.08. The largest absolute Gasteiger partial charge is 0.497 e. The number of methoxy groups -OCH3 is 2. The number of nitrogens with one attached hydrogen (secondary N) is 2. The number of sulfonamides is 1. The van der Waals surface area contributed by atoms with Gasteiger partial charge in [0.2, 0.25) is 15.9 Å². The van der Waals surface area contributed by atoms with E-state index in [1.54, 1.807) is 24.3 Å². The molecule has 1 amide bonds. The van der Waals surface area contributed by atoms with Crippen molar-refractivity contribution in [3.05, 3.63) is 82.4 Å². The molecular weight excluding hydrogens is 638 g/mol. The van der Waals surface area contributed by atoms with E-state index in [0.717, 1.165) is 22.3 Å². The molecule has 0 atom stereocenters. The van der Waals surface area contributed by atoms with Crippen LogP contribution in [-0.2, 0) is 24.3 Å². The molecule has 0 fully saturated rings. The quantitative estimate of drug-likeness (QED) is 0.125. The number of carbonyl (C=O) groups is 2. The van der Waals surface area contributed by atoms with Gasteiger partial charge in [0.25, 0.3) is 0 Å². The summed E-state index contributed by atoms with van der Waals surface area (Å²) in [7, 11) is -1.38. The summed E-state index contributed by atoms with van der Waals surface area (Å²) in [6.07, 6.45) is -0.230. The summed E-state index contributed by atoms with van der Waals surface area (Å²) in [6, 6.07) is 17.1. The molecule has 3 aromatic carbocycles. The van der Waals surface area contributed by atoms with Gasteiger partial charge in [0.15, 0.2) is 6.61 Å². The third-order valence-electron chi connectivity index (χ3n) is 6.78. The number of nitrogens with zero attached hydrogens (tertiary/aromatic N) is 3. The lowest BCUT2D eigenvalue weighted by molar-refractivity contribution is -0.142. The van der Waals surface area contributed by atoms with Crippen LogP contribution in [0.3, 0.4) is 0 Å². The predicted octanol–water partition coefficient (Wildman–Crippen LogP) is 5.29. The number of anilines is 2. The number of aryl methyl sites for hydroxylation is 1. The number of benzene rings is 3. The molecule has 0 unspecified atom stereocenters. The zero-order valence-corrected chi connectivity index (χ0v) is 26.9. The molecule has 0 spiro atoms. The van der Waals surface area contributed by atoms with Gasteiger partial charge in [-0.3, -0.25) is 9.78 Å². The molecule has 13 nitrogen and oxygen atoms in total. The lowest BCUT2D eigenvalue weighted by Crippen LogP contribution is -2.37. The fourth-order valence-electron chi connectivity index (χ4n) is 4.47. The molecule has 15 heteroatoms. The molecule has 0 saturated carbocycles. The monoisotopic (exact) mass is 669 g/mol. The standard InChI is InChI=1S/C31H32ClN5O8S/c1-20-16-28(25-17-21(32)4-10-26(25)34-20)33-13-15-37(46(41,42)24-8-6-23(43-2)7-9-24)14-12-30(38)35-27-11-5-22(36-40)18-29(27)45-19-31(39)44-3/h4-11,16-18H,12-15,19H2,1-3H3,(H,33,34)(H,35,38). The van der Waals surface area contributed by atoms with Crippen LogP contribution in [0.1, 0.15) is 12.1 Å². The van der Waals surface area contributed by atoms with Gasteiger partial charge in [0, 0.05) is 53.9 Å². The molecule has 4 rings (SSSR count). The first-order valence-electron chi connectivity index (χ1n) is 14.0. The van der Waals surface area contributed by atoms with Crippen molar-refractivity contribution in [3.8, 4) is 11.5 Å². The van der Waals surface area contributed by atoms with Gasteiger partial charge >= 0.3 is 5.97 Å². The van der Waals surface area contributed by atoms with E-state index < -0.39 is 28.5 Å². The average molecular weight is 670 g/mol. The van der Waals surface area contributed by atoms with Crippen molar-refractivity contribution in [3.63, 3.8) is 0 Å². The second-order valence-electron chi connectivity index (χ2n) is 9.91. The predicted molar refractivity (Wildman–Crippen MR) is 174 cm³/mol. The molecule has 1 heterocycles. The molecule has 46 heavy (non-hydrogen) atoms. The van der Waals surface area contributed by atoms with Crippen LogP contribution in [0, 0.1) is 11.8 Å². The topological polar surface area (TPSA) is 166 Å². The normalized spacial score (nSPS) is 11.2. The van der Waals surface area contributed by atoms with Gasteiger partial charge in [-0.25, -0.2) is 13.2 Å². The van der Waals surface area contributed by atoms with Crippen LogP contribution in [0.25, 0.3) is 10.9 Å². The number of hydrogen-bond acceptors (Lipinski definition) is 11. The number of rotatable bonds is 15. The highest BCUT2D eigenvalue weighted by molar-refractivity contribution is 7.89. The van der Waals surface area contributed by atoms with Crippen LogP contribution in [-0.4, -0.2) is 70.0 Å². The highest BCUT2D eigenvalue weighted by Gasteiger charge is 2.25. The summed E-state index contributed by atoms with van der Waals surface area (Å²) in [5, 5.41) is 10.1. The SMILES string of the molecule is COC(=O)COc1cc(N=O)ccc1NC(=O)CCN(CCNc1cc(C)nc2ccc(Cl)cc12)S(=O)(=O)c1ccc(OC)cc1. The van der Waals surface area contributed by atoms with E-state index in [9.17, 15) is 22.9 Å². The Balaban J connectivity index is 1.52. The van der Waals surface area contributed by atoms with Crippen molar-refractivity contribution in [1.82, 2.24) is 9.29 Å². The molecular formula is C31H32ClN5O8S. The van der Waals surface area contributed by atoms with E-state index in [4.69, 9.17) is 21.1 Å². The highest BCUT2D eigenvalue weighted by Crippen LogP contribution is 2.30. The van der Waals surface area contributed by atoms with Crippen molar-refractivity contribution < 1.29 is 32.2 Å². The maximum Gasteiger partial charge on any atom is 0.343 e. The van der Waals surface area contributed by atoms with Crippen molar-refractivity contribution in [1.29, 1.82) is 0 Å². The van der Waals surface area contributed by atoms with E-state index in [2.05, 4.69) is 25.5 Å². The number of halogens is 1. The van der Waals surface area contributed by atoms with E-state index in [0.29, 0.717) is 10.8 Å². The lowest BCUT2D eigenvalue weighted by atomic mass is 10.1. The van der Waals surface area contributed by atoms with E-state index in [-0.39, 0.29) is 48.1 Å². The molecule has 0 radical (unpaired) electrons. The summed E-state index contributed by atoms with van der Waals surface area (Å²) in [5.74, 6) is -0.704. The molecule has 0 aliphatic heterocycles. The zero-order chi connectivity index (χ0) is 33.3. The van der Waals surface area contributed by atoms with Gasteiger partial charge in [-0.2, -0.15) is 4.31 Å². The van der Waals surface area contributed by atoms with E-state index in [1.807, 2.05) is 19.1 Å². The number of fused-ring (bicyclic) bond motifs is 1. The van der Waals surface area contributed by atoms with Crippen molar-refractivity contribution in [2.45, 2.75) is 18.2 Å². The summed E-state index contributed by atoms with van der Waals surface area (Å²) in [4.78, 5) is 40.2. The summed E-state index contributed by atoms with van der Waals surface area (Å²) in [6.45, 7) is 1.43. The maximum atomic E-state index is 13.8. The molecule has 0 bridgehead atoms. The molecule has 0 aliphatic rings. The molecule has 0 aliphatic carbocycles. The van der Waals surface area contributed by atoms with Gasteiger partial charge < -0.3 is 24.8 Å². The fraction of sp³-hybridized carbons (Fsp3) is 0.258. The minimum Gasteiger partial charge on any atom is -0.497 e. The average Bonchev–Trinajstić information content (AvgIpc) is 3.05. The lowest BCUT2D eigenvalue weighted by Gasteiger charge is -2.23. The summed E-state index contributed by atoms with van der Waals surface area (Å²) in [5.41, 5.74) is 2.41. The molecule has 4 aromatic rings. The second-order valence-corrected chi connectivity index (χ2v) is 12.3. The number of hydrogen-bond donors (Lipinski definition) is 2. The minimum absolute atomic E-state index is 0.0122. The number of carbonyl (C=O) groups excluding carboxylic acids is 2. The zero-order valence-electron chi connectivity index (χ0n) is 25.3. The number of amides is 1.